The Labute approximate surface area is 152 Å². The number of esters is 3. The van der Waals surface area contributed by atoms with Crippen molar-refractivity contribution in [2.45, 2.75) is 13.5 Å². The summed E-state index contributed by atoms with van der Waals surface area (Å²) in [4.78, 5) is 49.9. The SMILES string of the molecule is COC(=O)c1sc(N)c(C(=O)OC)c1COC(=O)c1cc(C(C)=O)c[nH]1. The van der Waals surface area contributed by atoms with E-state index in [0.717, 1.165) is 18.4 Å². The fraction of sp³-hybridized carbons (Fsp3) is 0.250. The summed E-state index contributed by atoms with van der Waals surface area (Å²) in [7, 11) is 2.34. The number of carbonyl (C=O) groups excluding carboxylic acids is 4. The maximum atomic E-state index is 12.1. The largest absolute Gasteiger partial charge is 0.465 e. The fourth-order valence-corrected chi connectivity index (χ4v) is 3.12. The number of Topliss-reactive ketones (excluding diaryl/α,β-unsaturated/α-hetero) is 1. The van der Waals surface area contributed by atoms with Crippen LogP contribution in [-0.4, -0.2) is 42.9 Å². The van der Waals surface area contributed by atoms with E-state index in [9.17, 15) is 19.2 Å². The molecule has 0 aliphatic rings. The van der Waals surface area contributed by atoms with Crippen molar-refractivity contribution in [2.75, 3.05) is 20.0 Å². The van der Waals surface area contributed by atoms with E-state index in [2.05, 4.69) is 14.5 Å². The van der Waals surface area contributed by atoms with Crippen molar-refractivity contribution >= 4 is 40.0 Å². The summed E-state index contributed by atoms with van der Waals surface area (Å²) in [5.74, 6) is -2.47. The van der Waals surface area contributed by atoms with Crippen LogP contribution in [0.4, 0.5) is 5.00 Å². The number of aromatic nitrogens is 1. The molecule has 26 heavy (non-hydrogen) atoms. The lowest BCUT2D eigenvalue weighted by molar-refractivity contribution is 0.0447. The lowest BCUT2D eigenvalue weighted by atomic mass is 10.1. The van der Waals surface area contributed by atoms with Crippen LogP contribution in [0.3, 0.4) is 0 Å². The van der Waals surface area contributed by atoms with Crippen LogP contribution in [-0.2, 0) is 20.8 Å². The molecule has 2 aromatic heterocycles. The van der Waals surface area contributed by atoms with Crippen molar-refractivity contribution in [3.05, 3.63) is 39.5 Å². The number of aromatic amines is 1. The first-order valence-electron chi connectivity index (χ1n) is 7.24. The van der Waals surface area contributed by atoms with Crippen LogP contribution in [0, 0.1) is 0 Å². The number of carbonyl (C=O) groups is 4. The number of nitrogens with two attached hydrogens (primary N) is 1. The molecule has 10 heteroatoms. The second-order valence-electron chi connectivity index (χ2n) is 5.07. The molecule has 0 amide bonds. The van der Waals surface area contributed by atoms with Crippen molar-refractivity contribution in [1.82, 2.24) is 4.98 Å². The minimum Gasteiger partial charge on any atom is -0.465 e. The third-order valence-electron chi connectivity index (χ3n) is 3.45. The third kappa shape index (κ3) is 3.75. The molecule has 3 N–H and O–H groups in total. The molecule has 0 aliphatic heterocycles. The first-order valence-corrected chi connectivity index (χ1v) is 8.06. The van der Waals surface area contributed by atoms with Crippen molar-refractivity contribution in [1.29, 1.82) is 0 Å². The number of ether oxygens (including phenoxy) is 3. The zero-order valence-electron chi connectivity index (χ0n) is 14.2. The van der Waals surface area contributed by atoms with Crippen LogP contribution in [0.5, 0.6) is 0 Å². The van der Waals surface area contributed by atoms with Gasteiger partial charge in [-0.15, -0.1) is 11.3 Å². The van der Waals surface area contributed by atoms with Crippen molar-refractivity contribution in [3.63, 3.8) is 0 Å². The number of rotatable bonds is 6. The fourth-order valence-electron chi connectivity index (χ4n) is 2.14. The van der Waals surface area contributed by atoms with Gasteiger partial charge in [0.1, 0.15) is 27.7 Å². The number of ketones is 1. The monoisotopic (exact) mass is 380 g/mol. The van der Waals surface area contributed by atoms with E-state index in [0.29, 0.717) is 5.56 Å². The maximum Gasteiger partial charge on any atom is 0.355 e. The maximum absolute atomic E-state index is 12.1. The van der Waals surface area contributed by atoms with E-state index in [4.69, 9.17) is 10.5 Å². The highest BCUT2D eigenvalue weighted by atomic mass is 32.1. The second kappa shape index (κ2) is 7.83. The van der Waals surface area contributed by atoms with Gasteiger partial charge in [0.15, 0.2) is 5.78 Å². The Morgan fingerprint density at radius 3 is 2.31 bits per heavy atom. The van der Waals surface area contributed by atoms with E-state index in [1.165, 1.54) is 26.3 Å². The quantitative estimate of drug-likeness (QED) is 0.439. The summed E-state index contributed by atoms with van der Waals surface area (Å²) in [6.07, 6.45) is 1.38. The van der Waals surface area contributed by atoms with Crippen LogP contribution in [0.1, 0.15) is 53.4 Å². The van der Waals surface area contributed by atoms with Gasteiger partial charge < -0.3 is 24.9 Å². The average Bonchev–Trinajstić information content (AvgIpc) is 3.23. The molecule has 0 unspecified atom stereocenters. The molecular formula is C16H16N2O7S. The number of hydrogen-bond donors (Lipinski definition) is 2. The van der Waals surface area contributed by atoms with Gasteiger partial charge >= 0.3 is 17.9 Å². The molecule has 9 nitrogen and oxygen atoms in total. The molecule has 0 fully saturated rings. The Hall–Kier alpha value is -3.14. The van der Waals surface area contributed by atoms with Gasteiger partial charge in [-0.05, 0) is 13.0 Å². The van der Waals surface area contributed by atoms with Crippen LogP contribution < -0.4 is 5.73 Å². The van der Waals surface area contributed by atoms with Gasteiger partial charge in [0.25, 0.3) is 0 Å². The highest BCUT2D eigenvalue weighted by Gasteiger charge is 2.28. The Kier molecular flexibility index (Phi) is 5.78. The average molecular weight is 380 g/mol. The van der Waals surface area contributed by atoms with Crippen LogP contribution in [0.25, 0.3) is 0 Å². The molecule has 2 aromatic rings. The standard InChI is InChI=1S/C16H16N2O7S/c1-7(19)8-4-10(18-5-8)14(20)25-6-9-11(15(21)23-2)13(17)26-12(9)16(22)24-3/h4-5,18H,6,17H2,1-3H3. The molecule has 0 saturated carbocycles. The molecule has 0 aromatic carbocycles. The van der Waals surface area contributed by atoms with E-state index in [-0.39, 0.29) is 32.5 Å². The molecule has 0 bridgehead atoms. The van der Waals surface area contributed by atoms with Crippen molar-refractivity contribution in [2.24, 2.45) is 0 Å². The smallest absolute Gasteiger partial charge is 0.355 e. The summed E-state index contributed by atoms with van der Waals surface area (Å²) in [5, 5.41) is 0.0436. The van der Waals surface area contributed by atoms with Crippen LogP contribution in [0.15, 0.2) is 12.3 Å². The summed E-state index contributed by atoms with van der Waals surface area (Å²) >= 11 is 0.832. The lowest BCUT2D eigenvalue weighted by Crippen LogP contribution is -2.13. The molecule has 0 spiro atoms. The minimum atomic E-state index is -0.770. The van der Waals surface area contributed by atoms with Crippen molar-refractivity contribution < 1.29 is 33.4 Å². The topological polar surface area (TPSA) is 138 Å². The number of hydrogen-bond acceptors (Lipinski definition) is 9. The van der Waals surface area contributed by atoms with E-state index in [1.54, 1.807) is 0 Å². The Morgan fingerprint density at radius 2 is 1.77 bits per heavy atom. The van der Waals surface area contributed by atoms with Crippen molar-refractivity contribution in [3.8, 4) is 0 Å². The first-order chi connectivity index (χ1) is 12.3. The molecule has 2 heterocycles. The van der Waals surface area contributed by atoms with Gasteiger partial charge in [-0.3, -0.25) is 4.79 Å². The zero-order valence-corrected chi connectivity index (χ0v) is 15.0. The number of nitrogens with one attached hydrogen (secondary N) is 1. The summed E-state index contributed by atoms with van der Waals surface area (Å²) in [6.45, 7) is 0.952. The second-order valence-corrected chi connectivity index (χ2v) is 6.12. The Morgan fingerprint density at radius 1 is 1.12 bits per heavy atom. The van der Waals surface area contributed by atoms with Gasteiger partial charge in [0.05, 0.1) is 14.2 Å². The molecule has 0 radical (unpaired) electrons. The number of thiophene rings is 1. The number of methoxy groups -OCH3 is 2. The first kappa shape index (κ1) is 19.2. The normalized spacial score (nSPS) is 10.3. The predicted octanol–water partition coefficient (Wildman–Crippen LogP) is 1.79. The molecule has 2 rings (SSSR count). The number of anilines is 1. The molecule has 0 saturated heterocycles. The lowest BCUT2D eigenvalue weighted by Gasteiger charge is -2.07. The van der Waals surface area contributed by atoms with Gasteiger partial charge in [-0.1, -0.05) is 0 Å². The molecule has 138 valence electrons. The molecule has 0 aliphatic carbocycles. The molecular weight excluding hydrogens is 364 g/mol. The van der Waals surface area contributed by atoms with Gasteiger partial charge in [0, 0.05) is 17.3 Å². The number of H-pyrrole nitrogens is 1. The van der Waals surface area contributed by atoms with E-state index in [1.807, 2.05) is 0 Å². The van der Waals surface area contributed by atoms with E-state index < -0.39 is 24.5 Å². The summed E-state index contributed by atoms with van der Waals surface area (Å²) < 4.78 is 14.5. The molecule has 0 atom stereocenters. The zero-order chi connectivity index (χ0) is 19.4. The number of nitrogen functional groups attached to an aromatic ring is 1. The minimum absolute atomic E-state index is 0.0362. The van der Waals surface area contributed by atoms with Gasteiger partial charge in [0.2, 0.25) is 0 Å². The Bertz CT molecular complexity index is 881. The van der Waals surface area contributed by atoms with Gasteiger partial charge in [-0.2, -0.15) is 0 Å². The van der Waals surface area contributed by atoms with E-state index >= 15 is 0 Å². The summed E-state index contributed by atoms with van der Waals surface area (Å²) in [6, 6.07) is 1.34. The van der Waals surface area contributed by atoms with Crippen LogP contribution >= 0.6 is 11.3 Å². The summed E-state index contributed by atoms with van der Waals surface area (Å²) in [5.41, 5.74) is 6.21. The Balaban J connectivity index is 2.29. The van der Waals surface area contributed by atoms with Gasteiger partial charge in [-0.25, -0.2) is 14.4 Å². The van der Waals surface area contributed by atoms with Crippen LogP contribution in [0.2, 0.25) is 0 Å². The highest BCUT2D eigenvalue weighted by Crippen LogP contribution is 2.33. The predicted molar refractivity (Wildman–Crippen MR) is 91.3 cm³/mol. The third-order valence-corrected chi connectivity index (χ3v) is 4.49. The highest BCUT2D eigenvalue weighted by molar-refractivity contribution is 7.18.